The molecule has 1 saturated heterocycles. The van der Waals surface area contributed by atoms with Crippen molar-refractivity contribution in [2.45, 2.75) is 25.8 Å². The third-order valence-corrected chi connectivity index (χ3v) is 5.42. The van der Waals surface area contributed by atoms with Crippen LogP contribution in [-0.4, -0.2) is 59.9 Å². The van der Waals surface area contributed by atoms with Gasteiger partial charge in [0, 0.05) is 38.1 Å². The molecule has 2 aromatic rings. The second kappa shape index (κ2) is 8.94. The number of hydrogen-bond acceptors (Lipinski definition) is 6. The Morgan fingerprint density at radius 2 is 1.83 bits per heavy atom. The van der Waals surface area contributed by atoms with Gasteiger partial charge in [0.1, 0.15) is 11.9 Å². The Bertz CT molecular complexity index is 938. The van der Waals surface area contributed by atoms with Crippen LogP contribution < -0.4 is 15.5 Å². The number of nitrogens with zero attached hydrogens (tertiary/aromatic N) is 4. The Kier molecular flexibility index (Phi) is 5.92. The maximum atomic E-state index is 12.8. The summed E-state index contributed by atoms with van der Waals surface area (Å²) >= 11 is 0. The van der Waals surface area contributed by atoms with E-state index in [4.69, 9.17) is 0 Å². The fourth-order valence-corrected chi connectivity index (χ4v) is 3.74. The minimum absolute atomic E-state index is 0.0531. The third-order valence-electron chi connectivity index (χ3n) is 5.42. The number of rotatable bonds is 4. The monoisotopic (exact) mass is 406 g/mol. The summed E-state index contributed by atoms with van der Waals surface area (Å²) in [6, 6.07) is 12.8. The molecule has 0 bridgehead atoms. The summed E-state index contributed by atoms with van der Waals surface area (Å²) in [6.45, 7) is 4.98. The molecule has 2 amide bonds. The minimum atomic E-state index is -0.729. The van der Waals surface area contributed by atoms with Gasteiger partial charge in [0.2, 0.25) is 17.8 Å². The third kappa shape index (κ3) is 4.42. The molecule has 2 aliphatic heterocycles. The van der Waals surface area contributed by atoms with Crippen molar-refractivity contribution in [3.8, 4) is 0 Å². The van der Waals surface area contributed by atoms with E-state index >= 15 is 0 Å². The predicted molar refractivity (Wildman–Crippen MR) is 116 cm³/mol. The van der Waals surface area contributed by atoms with Gasteiger partial charge in [-0.3, -0.25) is 14.9 Å². The Morgan fingerprint density at radius 3 is 2.57 bits per heavy atom. The highest BCUT2D eigenvalue weighted by atomic mass is 16.2. The molecule has 2 N–H and O–H groups in total. The SMILES string of the molecule is CCc1ccccc1NC(=O)[C@H]1CC(=O)NC(N2CCN(c3ccccn3)CC2)=N1. The van der Waals surface area contributed by atoms with Gasteiger partial charge in [0.15, 0.2) is 0 Å². The first-order chi connectivity index (χ1) is 14.6. The number of pyridine rings is 1. The van der Waals surface area contributed by atoms with Crippen LogP contribution in [-0.2, 0) is 16.0 Å². The Hall–Kier alpha value is -3.42. The highest BCUT2D eigenvalue weighted by molar-refractivity contribution is 6.06. The normalized spacial score (nSPS) is 19.2. The molecule has 1 aromatic heterocycles. The van der Waals surface area contributed by atoms with E-state index in [1.54, 1.807) is 6.20 Å². The number of nitrogens with one attached hydrogen (secondary N) is 2. The molecular formula is C22H26N6O2. The van der Waals surface area contributed by atoms with E-state index in [0.717, 1.165) is 36.6 Å². The average molecular weight is 406 g/mol. The number of amides is 2. The van der Waals surface area contributed by atoms with E-state index in [9.17, 15) is 9.59 Å². The number of aryl methyl sites for hydroxylation is 1. The molecule has 0 saturated carbocycles. The molecule has 4 rings (SSSR count). The number of carbonyl (C=O) groups excluding carboxylic acids is 2. The Morgan fingerprint density at radius 1 is 1.10 bits per heavy atom. The predicted octanol–water partition coefficient (Wildman–Crippen LogP) is 1.65. The summed E-state index contributed by atoms with van der Waals surface area (Å²) in [5.74, 6) is 0.987. The van der Waals surface area contributed by atoms with Gasteiger partial charge in [-0.1, -0.05) is 31.2 Å². The van der Waals surface area contributed by atoms with Crippen LogP contribution in [0.2, 0.25) is 0 Å². The fraction of sp³-hybridized carbons (Fsp3) is 0.364. The van der Waals surface area contributed by atoms with Gasteiger partial charge >= 0.3 is 0 Å². The number of benzene rings is 1. The number of guanidine groups is 1. The summed E-state index contributed by atoms with van der Waals surface area (Å²) in [4.78, 5) is 38.3. The van der Waals surface area contributed by atoms with E-state index in [0.29, 0.717) is 19.0 Å². The van der Waals surface area contributed by atoms with Gasteiger partial charge in [0.05, 0.1) is 6.42 Å². The molecule has 0 radical (unpaired) electrons. The number of aliphatic imine (C=N–C) groups is 1. The molecule has 0 spiro atoms. The van der Waals surface area contributed by atoms with E-state index in [1.807, 2.05) is 54.3 Å². The lowest BCUT2D eigenvalue weighted by Crippen LogP contribution is -2.56. The number of para-hydroxylation sites is 1. The second-order valence-corrected chi connectivity index (χ2v) is 7.38. The largest absolute Gasteiger partial charge is 0.353 e. The van der Waals surface area contributed by atoms with Crippen molar-refractivity contribution >= 4 is 29.3 Å². The molecular weight excluding hydrogens is 380 g/mol. The van der Waals surface area contributed by atoms with Gasteiger partial charge < -0.3 is 15.1 Å². The van der Waals surface area contributed by atoms with Crippen molar-refractivity contribution in [1.82, 2.24) is 15.2 Å². The van der Waals surface area contributed by atoms with E-state index in [1.165, 1.54) is 0 Å². The lowest BCUT2D eigenvalue weighted by molar-refractivity contribution is -0.125. The first-order valence-electron chi connectivity index (χ1n) is 10.3. The summed E-state index contributed by atoms with van der Waals surface area (Å²) in [7, 11) is 0. The molecule has 8 heteroatoms. The van der Waals surface area contributed by atoms with Crippen molar-refractivity contribution in [3.63, 3.8) is 0 Å². The molecule has 8 nitrogen and oxygen atoms in total. The van der Waals surface area contributed by atoms with E-state index in [2.05, 4.69) is 25.5 Å². The maximum absolute atomic E-state index is 12.8. The standard InChI is InChI=1S/C22H26N6O2/c1-2-16-7-3-4-8-17(16)24-21(30)18-15-20(29)26-22(25-18)28-13-11-27(12-14-28)19-9-5-6-10-23-19/h3-10,18H,2,11-15H2,1H3,(H,24,30)(H,25,26,29)/t18-/m1/s1. The summed E-state index contributed by atoms with van der Waals surface area (Å²) in [5, 5.41) is 5.78. The first-order valence-corrected chi connectivity index (χ1v) is 10.3. The van der Waals surface area contributed by atoms with Gasteiger partial charge in [-0.2, -0.15) is 0 Å². The quantitative estimate of drug-likeness (QED) is 0.806. The molecule has 0 aliphatic carbocycles. The number of piperazine rings is 1. The lowest BCUT2D eigenvalue weighted by atomic mass is 10.1. The van der Waals surface area contributed by atoms with E-state index in [-0.39, 0.29) is 18.2 Å². The average Bonchev–Trinajstić information content (AvgIpc) is 2.79. The van der Waals surface area contributed by atoms with Crippen LogP contribution in [0.5, 0.6) is 0 Å². The Labute approximate surface area is 176 Å². The van der Waals surface area contributed by atoms with Crippen molar-refractivity contribution in [2.75, 3.05) is 36.4 Å². The molecule has 2 aliphatic rings. The molecule has 30 heavy (non-hydrogen) atoms. The van der Waals surface area contributed by atoms with Crippen LogP contribution in [0.1, 0.15) is 18.9 Å². The van der Waals surface area contributed by atoms with Crippen LogP contribution in [0.4, 0.5) is 11.5 Å². The van der Waals surface area contributed by atoms with Crippen LogP contribution >= 0.6 is 0 Å². The molecule has 1 aromatic carbocycles. The summed E-state index contributed by atoms with van der Waals surface area (Å²) in [5.41, 5.74) is 1.83. The maximum Gasteiger partial charge on any atom is 0.249 e. The highest BCUT2D eigenvalue weighted by Crippen LogP contribution is 2.18. The van der Waals surface area contributed by atoms with Crippen LogP contribution in [0.25, 0.3) is 0 Å². The number of anilines is 2. The molecule has 1 atom stereocenters. The van der Waals surface area contributed by atoms with Crippen molar-refractivity contribution in [2.24, 2.45) is 4.99 Å². The van der Waals surface area contributed by atoms with Crippen molar-refractivity contribution in [1.29, 1.82) is 0 Å². The number of aromatic nitrogens is 1. The van der Waals surface area contributed by atoms with Gasteiger partial charge in [-0.05, 0) is 30.2 Å². The van der Waals surface area contributed by atoms with Crippen LogP contribution in [0, 0.1) is 0 Å². The molecule has 1 fully saturated rings. The number of hydrogen-bond donors (Lipinski definition) is 2. The Balaban J connectivity index is 1.42. The van der Waals surface area contributed by atoms with Crippen molar-refractivity contribution < 1.29 is 9.59 Å². The number of carbonyl (C=O) groups is 2. The fourth-order valence-electron chi connectivity index (χ4n) is 3.74. The summed E-state index contributed by atoms with van der Waals surface area (Å²) < 4.78 is 0. The smallest absolute Gasteiger partial charge is 0.249 e. The molecule has 0 unspecified atom stereocenters. The van der Waals surface area contributed by atoms with Gasteiger partial charge in [-0.15, -0.1) is 0 Å². The van der Waals surface area contributed by atoms with E-state index < -0.39 is 6.04 Å². The highest BCUT2D eigenvalue weighted by Gasteiger charge is 2.31. The minimum Gasteiger partial charge on any atom is -0.353 e. The summed E-state index contributed by atoms with van der Waals surface area (Å²) in [6.07, 6.45) is 2.65. The van der Waals surface area contributed by atoms with Crippen LogP contribution in [0.3, 0.4) is 0 Å². The zero-order valence-corrected chi connectivity index (χ0v) is 17.0. The zero-order valence-electron chi connectivity index (χ0n) is 17.0. The lowest BCUT2D eigenvalue weighted by Gasteiger charge is -2.38. The molecule has 156 valence electrons. The molecule has 3 heterocycles. The van der Waals surface area contributed by atoms with Gasteiger partial charge in [0.25, 0.3) is 0 Å². The van der Waals surface area contributed by atoms with Crippen molar-refractivity contribution in [3.05, 3.63) is 54.2 Å². The first kappa shape index (κ1) is 19.9. The van der Waals surface area contributed by atoms with Gasteiger partial charge in [-0.25, -0.2) is 9.98 Å². The second-order valence-electron chi connectivity index (χ2n) is 7.38. The topological polar surface area (TPSA) is 89.9 Å². The van der Waals surface area contributed by atoms with Crippen LogP contribution in [0.15, 0.2) is 53.7 Å². The zero-order chi connectivity index (χ0) is 20.9.